The van der Waals surface area contributed by atoms with Crippen molar-refractivity contribution in [3.63, 3.8) is 0 Å². The summed E-state index contributed by atoms with van der Waals surface area (Å²) in [6, 6.07) is 3.51. The molecule has 1 aliphatic rings. The van der Waals surface area contributed by atoms with Crippen molar-refractivity contribution in [2.24, 2.45) is 0 Å². The van der Waals surface area contributed by atoms with Gasteiger partial charge in [-0.1, -0.05) is 6.07 Å². The van der Waals surface area contributed by atoms with Crippen molar-refractivity contribution in [3.05, 3.63) is 34.6 Å². The molecule has 0 aliphatic carbocycles. The Labute approximate surface area is 124 Å². The van der Waals surface area contributed by atoms with Crippen molar-refractivity contribution in [3.8, 4) is 0 Å². The van der Waals surface area contributed by atoms with Crippen LogP contribution in [-0.2, 0) is 11.3 Å². The van der Waals surface area contributed by atoms with Crippen molar-refractivity contribution in [2.45, 2.75) is 20.4 Å². The topological polar surface area (TPSA) is 23.6 Å². The number of aryl methyl sites for hydroxylation is 2. The van der Waals surface area contributed by atoms with Crippen molar-refractivity contribution < 1.29 is 9.18 Å². The fourth-order valence-electron chi connectivity index (χ4n) is 2.49. The minimum absolute atomic E-state index is 0.000115. The Kier molecular flexibility index (Phi) is 5.00. The summed E-state index contributed by atoms with van der Waals surface area (Å²) in [5.74, 6) is -0.0973. The molecule has 0 radical (unpaired) electrons. The van der Waals surface area contributed by atoms with Gasteiger partial charge in [0.2, 0.25) is 5.91 Å². The van der Waals surface area contributed by atoms with Crippen LogP contribution in [0.25, 0.3) is 0 Å². The number of piperazine rings is 1. The van der Waals surface area contributed by atoms with E-state index in [-0.39, 0.29) is 17.6 Å². The number of carbonyl (C=O) groups is 1. The molecule has 0 N–H and O–H groups in total. The molecule has 1 heterocycles. The first-order valence-corrected chi connectivity index (χ1v) is 7.36. The van der Waals surface area contributed by atoms with E-state index in [1.807, 2.05) is 13.0 Å². The molecule has 1 saturated heterocycles. The molecular weight excluding hydrogens is 279 g/mol. The van der Waals surface area contributed by atoms with Gasteiger partial charge in [0.25, 0.3) is 0 Å². The van der Waals surface area contributed by atoms with E-state index in [2.05, 4.69) is 4.90 Å². The van der Waals surface area contributed by atoms with Gasteiger partial charge >= 0.3 is 0 Å². The van der Waals surface area contributed by atoms with E-state index in [4.69, 9.17) is 11.6 Å². The van der Waals surface area contributed by atoms with Gasteiger partial charge in [0, 0.05) is 32.7 Å². The molecule has 1 fully saturated rings. The van der Waals surface area contributed by atoms with Crippen molar-refractivity contribution in [2.75, 3.05) is 32.1 Å². The van der Waals surface area contributed by atoms with Crippen LogP contribution in [0.15, 0.2) is 12.1 Å². The average molecular weight is 299 g/mol. The quantitative estimate of drug-likeness (QED) is 0.800. The van der Waals surface area contributed by atoms with Gasteiger partial charge < -0.3 is 4.90 Å². The molecule has 0 spiro atoms. The number of benzene rings is 1. The molecular formula is C15H20ClFN2O. The third-order valence-electron chi connectivity index (χ3n) is 3.85. The van der Waals surface area contributed by atoms with E-state index in [0.29, 0.717) is 18.7 Å². The predicted molar refractivity (Wildman–Crippen MR) is 78.5 cm³/mol. The third-order valence-corrected chi connectivity index (χ3v) is 4.08. The lowest BCUT2D eigenvalue weighted by molar-refractivity contribution is -0.130. The van der Waals surface area contributed by atoms with Gasteiger partial charge in [-0.3, -0.25) is 9.69 Å². The Hall–Kier alpha value is -1.13. The molecule has 5 heteroatoms. The summed E-state index contributed by atoms with van der Waals surface area (Å²) in [7, 11) is 0. The number of hydrogen-bond acceptors (Lipinski definition) is 2. The SMILES string of the molecule is Cc1cc(CN2CCN(C(=O)CCl)CC2)c(C)cc1F. The molecule has 1 amide bonds. The predicted octanol–water partition coefficient (Wildman–Crippen LogP) is 2.33. The zero-order chi connectivity index (χ0) is 14.7. The maximum absolute atomic E-state index is 13.4. The van der Waals surface area contributed by atoms with Gasteiger partial charge in [0.05, 0.1) is 0 Å². The molecule has 3 nitrogen and oxygen atoms in total. The third kappa shape index (κ3) is 3.49. The van der Waals surface area contributed by atoms with Crippen LogP contribution in [0.4, 0.5) is 4.39 Å². The number of halogens is 2. The fraction of sp³-hybridized carbons (Fsp3) is 0.533. The molecule has 110 valence electrons. The van der Waals surface area contributed by atoms with E-state index >= 15 is 0 Å². The minimum Gasteiger partial charge on any atom is -0.339 e. The van der Waals surface area contributed by atoms with Crippen molar-refractivity contribution in [1.29, 1.82) is 0 Å². The van der Waals surface area contributed by atoms with Crippen LogP contribution in [0.1, 0.15) is 16.7 Å². The zero-order valence-corrected chi connectivity index (χ0v) is 12.7. The van der Waals surface area contributed by atoms with E-state index in [0.717, 1.165) is 30.8 Å². The number of nitrogens with zero attached hydrogens (tertiary/aromatic N) is 2. The highest BCUT2D eigenvalue weighted by atomic mass is 35.5. The van der Waals surface area contributed by atoms with Crippen LogP contribution in [0.5, 0.6) is 0 Å². The van der Waals surface area contributed by atoms with E-state index in [1.54, 1.807) is 17.9 Å². The second-order valence-electron chi connectivity index (χ2n) is 5.32. The van der Waals surface area contributed by atoms with Gasteiger partial charge in [-0.2, -0.15) is 0 Å². The van der Waals surface area contributed by atoms with E-state index < -0.39 is 0 Å². The highest BCUT2D eigenvalue weighted by Crippen LogP contribution is 2.17. The summed E-state index contributed by atoms with van der Waals surface area (Å²) in [5, 5.41) is 0. The Bertz CT molecular complexity index is 499. The normalized spacial score (nSPS) is 16.5. The molecule has 20 heavy (non-hydrogen) atoms. The maximum Gasteiger partial charge on any atom is 0.237 e. The minimum atomic E-state index is -0.149. The van der Waals surface area contributed by atoms with Gasteiger partial charge in [0.15, 0.2) is 0 Å². The Balaban J connectivity index is 1.96. The van der Waals surface area contributed by atoms with Gasteiger partial charge in [-0.05, 0) is 36.6 Å². The number of rotatable bonds is 3. The second-order valence-corrected chi connectivity index (χ2v) is 5.59. The van der Waals surface area contributed by atoms with Crippen LogP contribution >= 0.6 is 11.6 Å². The number of carbonyl (C=O) groups excluding carboxylic acids is 1. The summed E-state index contributed by atoms with van der Waals surface area (Å²) in [6.45, 7) is 7.61. The molecule has 1 aliphatic heterocycles. The standard InChI is InChI=1S/C15H20ClFN2O/c1-11-8-14(17)12(2)7-13(11)10-18-3-5-19(6-4-18)15(20)9-16/h7-8H,3-6,9-10H2,1-2H3. The first kappa shape index (κ1) is 15.3. The average Bonchev–Trinajstić information content (AvgIpc) is 2.44. The molecule has 0 bridgehead atoms. The van der Waals surface area contributed by atoms with Gasteiger partial charge in [-0.15, -0.1) is 11.6 Å². The smallest absolute Gasteiger partial charge is 0.237 e. The van der Waals surface area contributed by atoms with Crippen LogP contribution in [0, 0.1) is 19.7 Å². The molecule has 1 aromatic carbocycles. The van der Waals surface area contributed by atoms with Gasteiger partial charge in [-0.25, -0.2) is 4.39 Å². The molecule has 0 saturated carbocycles. The number of alkyl halides is 1. The summed E-state index contributed by atoms with van der Waals surface area (Å²) in [4.78, 5) is 15.6. The Morgan fingerprint density at radius 1 is 1.20 bits per heavy atom. The summed E-state index contributed by atoms with van der Waals surface area (Å²) < 4.78 is 13.4. The van der Waals surface area contributed by atoms with Crippen LogP contribution in [0.3, 0.4) is 0 Å². The largest absolute Gasteiger partial charge is 0.339 e. The first-order chi connectivity index (χ1) is 9.51. The molecule has 1 aromatic rings. The summed E-state index contributed by atoms with van der Waals surface area (Å²) >= 11 is 5.56. The molecule has 0 unspecified atom stereocenters. The lowest BCUT2D eigenvalue weighted by atomic mass is 10.0. The van der Waals surface area contributed by atoms with E-state index in [1.165, 1.54) is 0 Å². The number of amides is 1. The first-order valence-electron chi connectivity index (χ1n) is 6.83. The van der Waals surface area contributed by atoms with Crippen molar-refractivity contribution >= 4 is 17.5 Å². The van der Waals surface area contributed by atoms with Crippen LogP contribution in [0.2, 0.25) is 0 Å². The molecule has 2 rings (SSSR count). The monoisotopic (exact) mass is 298 g/mol. The fourth-order valence-corrected chi connectivity index (χ4v) is 2.66. The zero-order valence-electron chi connectivity index (χ0n) is 12.0. The number of hydrogen-bond donors (Lipinski definition) is 0. The molecule has 0 aromatic heterocycles. The second kappa shape index (κ2) is 6.55. The van der Waals surface area contributed by atoms with Crippen LogP contribution in [-0.4, -0.2) is 47.8 Å². The summed E-state index contributed by atoms with van der Waals surface area (Å²) in [5.41, 5.74) is 2.81. The molecule has 0 atom stereocenters. The van der Waals surface area contributed by atoms with Crippen LogP contribution < -0.4 is 0 Å². The van der Waals surface area contributed by atoms with E-state index in [9.17, 15) is 9.18 Å². The Morgan fingerprint density at radius 3 is 2.45 bits per heavy atom. The van der Waals surface area contributed by atoms with Crippen molar-refractivity contribution in [1.82, 2.24) is 9.80 Å². The maximum atomic E-state index is 13.4. The van der Waals surface area contributed by atoms with Gasteiger partial charge in [0.1, 0.15) is 11.7 Å². The Morgan fingerprint density at radius 2 is 1.85 bits per heavy atom. The highest BCUT2D eigenvalue weighted by Gasteiger charge is 2.20. The summed E-state index contributed by atoms with van der Waals surface area (Å²) in [6.07, 6.45) is 0. The lowest BCUT2D eigenvalue weighted by Crippen LogP contribution is -2.48. The highest BCUT2D eigenvalue weighted by molar-refractivity contribution is 6.27. The lowest BCUT2D eigenvalue weighted by Gasteiger charge is -2.34.